The van der Waals surface area contributed by atoms with Crippen LogP contribution in [0.2, 0.25) is 0 Å². The molecule has 1 fully saturated rings. The normalized spacial score (nSPS) is 16.1. The lowest BCUT2D eigenvalue weighted by Gasteiger charge is -2.23. The fourth-order valence-electron chi connectivity index (χ4n) is 3.65. The van der Waals surface area contributed by atoms with Crippen molar-refractivity contribution in [2.45, 2.75) is 32.2 Å². The van der Waals surface area contributed by atoms with Crippen LogP contribution in [0.15, 0.2) is 48.8 Å². The van der Waals surface area contributed by atoms with E-state index in [1.54, 1.807) is 31.3 Å². The highest BCUT2D eigenvalue weighted by Gasteiger charge is 2.17. The van der Waals surface area contributed by atoms with Gasteiger partial charge in [0.05, 0.1) is 22.7 Å². The molecule has 1 aromatic carbocycles. The van der Waals surface area contributed by atoms with Gasteiger partial charge in [-0.05, 0) is 56.1 Å². The number of benzene rings is 1. The van der Waals surface area contributed by atoms with Crippen LogP contribution in [-0.4, -0.2) is 48.3 Å². The molecule has 0 unspecified atom stereocenters. The van der Waals surface area contributed by atoms with E-state index in [1.807, 2.05) is 0 Å². The maximum atomic E-state index is 14.5. The zero-order chi connectivity index (χ0) is 24.0. The summed E-state index contributed by atoms with van der Waals surface area (Å²) in [6, 6.07) is 9.24. The molecular formula is C23H27FN6O3S. The Kier molecular flexibility index (Phi) is 7.53. The number of nitrogens with zero attached hydrogens (tertiary/aromatic N) is 3. The van der Waals surface area contributed by atoms with Crippen LogP contribution in [0.25, 0.3) is 11.3 Å². The lowest BCUT2D eigenvalue weighted by molar-refractivity contribution is 0.429. The van der Waals surface area contributed by atoms with Crippen molar-refractivity contribution in [3.05, 3.63) is 54.6 Å². The summed E-state index contributed by atoms with van der Waals surface area (Å²) in [7, 11) is -3.53. The van der Waals surface area contributed by atoms with E-state index in [1.165, 1.54) is 18.3 Å². The Hall–Kier alpha value is -3.31. The number of sulfonamides is 1. The van der Waals surface area contributed by atoms with Crippen molar-refractivity contribution in [2.24, 2.45) is 0 Å². The predicted octanol–water partition coefficient (Wildman–Crippen LogP) is 3.79. The molecule has 0 spiro atoms. The number of pyridine rings is 1. The van der Waals surface area contributed by atoms with Gasteiger partial charge in [-0.2, -0.15) is 0 Å². The van der Waals surface area contributed by atoms with Gasteiger partial charge in [-0.3, -0.25) is 4.72 Å². The van der Waals surface area contributed by atoms with Crippen molar-refractivity contribution < 1.29 is 17.5 Å². The van der Waals surface area contributed by atoms with Gasteiger partial charge in [0.1, 0.15) is 0 Å². The number of piperidine rings is 1. The van der Waals surface area contributed by atoms with Gasteiger partial charge in [0.25, 0.3) is 0 Å². The number of ether oxygens (including phenoxy) is 1. The Bertz CT molecular complexity index is 1230. The molecule has 9 nitrogen and oxygen atoms in total. The second-order valence-electron chi connectivity index (χ2n) is 7.98. The second-order valence-corrected chi connectivity index (χ2v) is 9.82. The average Bonchev–Trinajstić information content (AvgIpc) is 2.82. The Balaban J connectivity index is 1.58. The van der Waals surface area contributed by atoms with Crippen molar-refractivity contribution in [3.63, 3.8) is 0 Å². The van der Waals surface area contributed by atoms with Crippen LogP contribution in [0.5, 0.6) is 11.6 Å². The first kappa shape index (κ1) is 23.8. The molecule has 0 saturated carbocycles. The van der Waals surface area contributed by atoms with Crippen LogP contribution in [0.4, 0.5) is 16.0 Å². The molecule has 0 aliphatic carbocycles. The van der Waals surface area contributed by atoms with E-state index in [0.29, 0.717) is 23.6 Å². The summed E-state index contributed by atoms with van der Waals surface area (Å²) < 4.78 is 46.9. The minimum atomic E-state index is -3.53. The highest BCUT2D eigenvalue weighted by molar-refractivity contribution is 7.92. The summed E-state index contributed by atoms with van der Waals surface area (Å²) in [5, 5.41) is 6.68. The highest BCUT2D eigenvalue weighted by Crippen LogP contribution is 2.33. The number of hydrogen-bond donors (Lipinski definition) is 3. The maximum Gasteiger partial charge on any atom is 0.232 e. The van der Waals surface area contributed by atoms with Gasteiger partial charge < -0.3 is 15.4 Å². The van der Waals surface area contributed by atoms with E-state index in [-0.39, 0.29) is 29.1 Å². The minimum absolute atomic E-state index is 0.0358. The Morgan fingerprint density at radius 2 is 2.09 bits per heavy atom. The number of hydrogen-bond acceptors (Lipinski definition) is 8. The number of nitrogens with one attached hydrogen (secondary N) is 3. The number of rotatable bonds is 9. The lowest BCUT2D eigenvalue weighted by Crippen LogP contribution is -2.38. The molecule has 11 heteroatoms. The summed E-state index contributed by atoms with van der Waals surface area (Å²) in [6.07, 6.45) is 5.74. The first-order valence-corrected chi connectivity index (χ1v) is 12.8. The van der Waals surface area contributed by atoms with E-state index in [9.17, 15) is 12.8 Å². The fourth-order valence-corrected chi connectivity index (χ4v) is 4.78. The van der Waals surface area contributed by atoms with Crippen LogP contribution in [0.1, 0.15) is 26.2 Å². The summed E-state index contributed by atoms with van der Waals surface area (Å²) >= 11 is 0. The van der Waals surface area contributed by atoms with Gasteiger partial charge in [-0.25, -0.2) is 27.8 Å². The molecular weight excluding hydrogens is 459 g/mol. The van der Waals surface area contributed by atoms with Crippen molar-refractivity contribution in [1.29, 1.82) is 0 Å². The van der Waals surface area contributed by atoms with Crippen molar-refractivity contribution in [1.82, 2.24) is 20.3 Å². The molecule has 0 bridgehead atoms. The zero-order valence-electron chi connectivity index (χ0n) is 18.8. The standard InChI is InChI=1S/C23H27FN6O3S/c1-2-13-34(31,32)30-16-7-8-19(24)21(14-16)33-22-18(6-4-11-26-22)20-9-12-27-23(29-20)28-17-5-3-10-25-15-17/h4,6-9,11-12,14,17,25,30H,2-3,5,10,13,15H2,1H3,(H,27,28,29)/t17-/m0/s1. The topological polar surface area (TPSA) is 118 Å². The molecule has 3 aromatic rings. The summed E-state index contributed by atoms with van der Waals surface area (Å²) in [4.78, 5) is 13.2. The maximum absolute atomic E-state index is 14.5. The molecule has 180 valence electrons. The van der Waals surface area contributed by atoms with Gasteiger partial charge in [0, 0.05) is 31.0 Å². The van der Waals surface area contributed by atoms with Crippen LogP contribution in [0, 0.1) is 5.82 Å². The predicted molar refractivity (Wildman–Crippen MR) is 129 cm³/mol. The Morgan fingerprint density at radius 3 is 2.88 bits per heavy atom. The van der Waals surface area contributed by atoms with Gasteiger partial charge in [-0.1, -0.05) is 6.92 Å². The molecule has 3 heterocycles. The molecule has 1 atom stereocenters. The van der Waals surface area contributed by atoms with E-state index in [2.05, 4.69) is 30.3 Å². The molecule has 4 rings (SSSR count). The Morgan fingerprint density at radius 1 is 1.21 bits per heavy atom. The van der Waals surface area contributed by atoms with Crippen LogP contribution in [-0.2, 0) is 10.0 Å². The molecule has 0 amide bonds. The third kappa shape index (κ3) is 6.17. The molecule has 3 N–H and O–H groups in total. The van der Waals surface area contributed by atoms with E-state index < -0.39 is 15.8 Å². The fraction of sp³-hybridized carbons (Fsp3) is 0.348. The van der Waals surface area contributed by atoms with E-state index in [4.69, 9.17) is 4.74 Å². The number of halogens is 1. The quantitative estimate of drug-likeness (QED) is 0.418. The minimum Gasteiger partial charge on any atom is -0.435 e. The first-order chi connectivity index (χ1) is 16.4. The smallest absolute Gasteiger partial charge is 0.232 e. The SMILES string of the molecule is CCCS(=O)(=O)Nc1ccc(F)c(Oc2ncccc2-c2ccnc(N[C@H]3CCCNC3)n2)c1. The third-order valence-corrected chi connectivity index (χ3v) is 6.71. The Labute approximate surface area is 198 Å². The lowest BCUT2D eigenvalue weighted by atomic mass is 10.1. The second kappa shape index (κ2) is 10.7. The van der Waals surface area contributed by atoms with E-state index >= 15 is 0 Å². The molecule has 2 aromatic heterocycles. The van der Waals surface area contributed by atoms with Gasteiger partial charge in [0.2, 0.25) is 21.9 Å². The zero-order valence-corrected chi connectivity index (χ0v) is 19.6. The summed E-state index contributed by atoms with van der Waals surface area (Å²) in [5.41, 5.74) is 1.31. The molecule has 1 aliphatic heterocycles. The first-order valence-electron chi connectivity index (χ1n) is 11.2. The van der Waals surface area contributed by atoms with Crippen LogP contribution < -0.4 is 20.1 Å². The van der Waals surface area contributed by atoms with Crippen molar-refractivity contribution >= 4 is 21.7 Å². The average molecular weight is 487 g/mol. The number of aromatic nitrogens is 3. The van der Waals surface area contributed by atoms with E-state index in [0.717, 1.165) is 32.0 Å². The number of anilines is 2. The summed E-state index contributed by atoms with van der Waals surface area (Å²) in [6.45, 7) is 3.61. The summed E-state index contributed by atoms with van der Waals surface area (Å²) in [5.74, 6) is -0.216. The molecule has 1 saturated heterocycles. The molecule has 34 heavy (non-hydrogen) atoms. The molecule has 1 aliphatic rings. The molecule has 0 radical (unpaired) electrons. The van der Waals surface area contributed by atoms with Crippen molar-refractivity contribution in [3.8, 4) is 22.9 Å². The monoisotopic (exact) mass is 486 g/mol. The van der Waals surface area contributed by atoms with Gasteiger partial charge in [-0.15, -0.1) is 0 Å². The third-order valence-electron chi connectivity index (χ3n) is 5.22. The van der Waals surface area contributed by atoms with Crippen LogP contribution >= 0.6 is 0 Å². The van der Waals surface area contributed by atoms with Crippen LogP contribution in [0.3, 0.4) is 0 Å². The van der Waals surface area contributed by atoms with Crippen molar-refractivity contribution in [2.75, 3.05) is 28.9 Å². The van der Waals surface area contributed by atoms with Gasteiger partial charge >= 0.3 is 0 Å². The van der Waals surface area contributed by atoms with Gasteiger partial charge in [0.15, 0.2) is 11.6 Å². The largest absolute Gasteiger partial charge is 0.435 e. The highest BCUT2D eigenvalue weighted by atomic mass is 32.2.